The van der Waals surface area contributed by atoms with Gasteiger partial charge in [0.05, 0.1) is 26.4 Å². The van der Waals surface area contributed by atoms with E-state index in [0.29, 0.717) is 51.3 Å². The van der Waals surface area contributed by atoms with Crippen molar-refractivity contribution in [2.45, 2.75) is 12.8 Å². The highest BCUT2D eigenvalue weighted by molar-refractivity contribution is 5.58. The lowest BCUT2D eigenvalue weighted by molar-refractivity contribution is 0.0547. The summed E-state index contributed by atoms with van der Waals surface area (Å²) in [4.78, 5) is 16.1. The third-order valence-electron chi connectivity index (χ3n) is 4.21. The van der Waals surface area contributed by atoms with Crippen LogP contribution in [0.2, 0.25) is 0 Å². The van der Waals surface area contributed by atoms with E-state index in [9.17, 15) is 0 Å². The molecule has 0 saturated carbocycles. The van der Waals surface area contributed by atoms with Gasteiger partial charge in [-0.3, -0.25) is 0 Å². The molecule has 0 aliphatic carbocycles. The summed E-state index contributed by atoms with van der Waals surface area (Å²) in [5.74, 6) is 2.00. The van der Waals surface area contributed by atoms with Crippen molar-refractivity contribution >= 4 is 11.9 Å². The van der Waals surface area contributed by atoms with Gasteiger partial charge in [0.2, 0.25) is 11.9 Å². The van der Waals surface area contributed by atoms with Gasteiger partial charge in [-0.25, -0.2) is 0 Å². The highest BCUT2D eigenvalue weighted by atomic mass is 16.5. The molecule has 146 valence electrons. The van der Waals surface area contributed by atoms with Crippen LogP contribution < -0.4 is 16.0 Å². The van der Waals surface area contributed by atoms with Gasteiger partial charge in [-0.15, -0.1) is 0 Å². The Kier molecular flexibility index (Phi) is 7.76. The number of aromatic nitrogens is 3. The first-order valence-electron chi connectivity index (χ1n) is 9.52. The summed E-state index contributed by atoms with van der Waals surface area (Å²) in [6.45, 7) is 5.35. The number of nitrogens with one attached hydrogen (secondary N) is 1. The predicted molar refractivity (Wildman–Crippen MR) is 106 cm³/mol. The number of nitrogens with two attached hydrogens (primary N) is 1. The van der Waals surface area contributed by atoms with Crippen LogP contribution in [0.25, 0.3) is 11.4 Å². The molecule has 0 amide bonds. The normalized spacial score (nSPS) is 13.9. The molecule has 2 aromatic rings. The number of hydrogen-bond donors (Lipinski definition) is 2. The smallest absolute Gasteiger partial charge is 0.230 e. The first-order valence-corrected chi connectivity index (χ1v) is 9.52. The second kappa shape index (κ2) is 10.8. The van der Waals surface area contributed by atoms with Gasteiger partial charge in [0.15, 0.2) is 5.82 Å². The van der Waals surface area contributed by atoms with E-state index in [1.807, 2.05) is 30.3 Å². The molecule has 8 heteroatoms. The SMILES string of the molecule is NCCOCCOCCNc1nc(-c2ccccc2)nc(N2CCCC2)n1. The molecule has 8 nitrogen and oxygen atoms in total. The summed E-state index contributed by atoms with van der Waals surface area (Å²) < 4.78 is 10.8. The van der Waals surface area contributed by atoms with Crippen LogP contribution in [0.5, 0.6) is 0 Å². The third kappa shape index (κ3) is 6.13. The molecule has 1 fully saturated rings. The van der Waals surface area contributed by atoms with Crippen molar-refractivity contribution in [1.29, 1.82) is 0 Å². The number of rotatable bonds is 11. The molecule has 3 N–H and O–H groups in total. The van der Waals surface area contributed by atoms with Crippen molar-refractivity contribution in [1.82, 2.24) is 15.0 Å². The predicted octanol–water partition coefficient (Wildman–Crippen LogP) is 1.54. The van der Waals surface area contributed by atoms with Crippen molar-refractivity contribution in [2.24, 2.45) is 5.73 Å². The van der Waals surface area contributed by atoms with Crippen LogP contribution >= 0.6 is 0 Å². The summed E-state index contributed by atoms with van der Waals surface area (Å²) in [7, 11) is 0. The standard InChI is InChI=1S/C19H28N6O2/c20-8-12-26-14-15-27-13-9-21-18-22-17(16-6-2-1-3-7-16)23-19(24-18)25-10-4-5-11-25/h1-3,6-7H,4-5,8-15,20H2,(H,21,22,23,24). The van der Waals surface area contributed by atoms with Crippen LogP contribution in [0.1, 0.15) is 12.8 Å². The van der Waals surface area contributed by atoms with Crippen LogP contribution in [-0.4, -0.2) is 67.6 Å². The minimum absolute atomic E-state index is 0.532. The fourth-order valence-electron chi connectivity index (χ4n) is 2.86. The van der Waals surface area contributed by atoms with Gasteiger partial charge >= 0.3 is 0 Å². The summed E-state index contributed by atoms with van der Waals surface area (Å²) >= 11 is 0. The number of anilines is 2. The zero-order valence-corrected chi connectivity index (χ0v) is 15.6. The largest absolute Gasteiger partial charge is 0.378 e. The Hall–Kier alpha value is -2.29. The van der Waals surface area contributed by atoms with Gasteiger partial charge in [-0.1, -0.05) is 30.3 Å². The molecular formula is C19H28N6O2. The van der Waals surface area contributed by atoms with Crippen molar-refractivity contribution < 1.29 is 9.47 Å². The second-order valence-corrected chi connectivity index (χ2v) is 6.28. The van der Waals surface area contributed by atoms with Gasteiger partial charge < -0.3 is 25.4 Å². The Morgan fingerprint density at radius 3 is 2.41 bits per heavy atom. The summed E-state index contributed by atoms with van der Waals surface area (Å²) in [5, 5.41) is 3.25. The molecular weight excluding hydrogens is 344 g/mol. The molecule has 0 unspecified atom stereocenters. The molecule has 1 aromatic heterocycles. The topological polar surface area (TPSA) is 98.4 Å². The number of ether oxygens (including phenoxy) is 2. The zero-order valence-electron chi connectivity index (χ0n) is 15.6. The molecule has 27 heavy (non-hydrogen) atoms. The third-order valence-corrected chi connectivity index (χ3v) is 4.21. The van der Waals surface area contributed by atoms with Crippen molar-refractivity contribution in [3.05, 3.63) is 30.3 Å². The lowest BCUT2D eigenvalue weighted by Gasteiger charge is -2.17. The first-order chi connectivity index (χ1) is 13.4. The highest BCUT2D eigenvalue weighted by Crippen LogP contribution is 2.21. The molecule has 1 saturated heterocycles. The van der Waals surface area contributed by atoms with Gasteiger partial charge in [0, 0.05) is 31.7 Å². The van der Waals surface area contributed by atoms with Crippen molar-refractivity contribution in [3.63, 3.8) is 0 Å². The monoisotopic (exact) mass is 372 g/mol. The van der Waals surface area contributed by atoms with E-state index in [-0.39, 0.29) is 0 Å². The van der Waals surface area contributed by atoms with E-state index in [2.05, 4.69) is 25.2 Å². The van der Waals surface area contributed by atoms with E-state index in [1.165, 1.54) is 12.8 Å². The van der Waals surface area contributed by atoms with E-state index >= 15 is 0 Å². The average molecular weight is 372 g/mol. The quantitative estimate of drug-likeness (QED) is 0.573. The lowest BCUT2D eigenvalue weighted by Crippen LogP contribution is -2.22. The Labute approximate surface area is 160 Å². The molecule has 3 rings (SSSR count). The first kappa shape index (κ1) is 19.5. The minimum atomic E-state index is 0.532. The molecule has 1 aliphatic heterocycles. The Morgan fingerprint density at radius 1 is 0.926 bits per heavy atom. The average Bonchev–Trinajstić information content (AvgIpc) is 3.25. The van der Waals surface area contributed by atoms with E-state index < -0.39 is 0 Å². The molecule has 0 spiro atoms. The minimum Gasteiger partial charge on any atom is -0.378 e. The maximum Gasteiger partial charge on any atom is 0.230 e. The van der Waals surface area contributed by atoms with Crippen LogP contribution in [0, 0.1) is 0 Å². The lowest BCUT2D eigenvalue weighted by atomic mass is 10.2. The molecule has 1 aliphatic rings. The Morgan fingerprint density at radius 2 is 1.67 bits per heavy atom. The van der Waals surface area contributed by atoms with Gasteiger partial charge in [0.1, 0.15) is 0 Å². The fourth-order valence-corrected chi connectivity index (χ4v) is 2.86. The van der Waals surface area contributed by atoms with Crippen molar-refractivity contribution in [2.75, 3.05) is 62.8 Å². The van der Waals surface area contributed by atoms with E-state index in [4.69, 9.17) is 15.2 Å². The summed E-state index contributed by atoms with van der Waals surface area (Å²) in [6.07, 6.45) is 2.35. The molecule has 2 heterocycles. The van der Waals surface area contributed by atoms with Crippen LogP contribution in [0.15, 0.2) is 30.3 Å². The number of benzene rings is 1. The highest BCUT2D eigenvalue weighted by Gasteiger charge is 2.17. The summed E-state index contributed by atoms with van der Waals surface area (Å²) in [6, 6.07) is 9.99. The maximum absolute atomic E-state index is 5.54. The number of hydrogen-bond acceptors (Lipinski definition) is 8. The van der Waals surface area contributed by atoms with Gasteiger partial charge in [-0.2, -0.15) is 15.0 Å². The molecule has 0 bridgehead atoms. The summed E-state index contributed by atoms with van der Waals surface area (Å²) in [5.41, 5.74) is 6.35. The number of nitrogens with zero attached hydrogens (tertiary/aromatic N) is 4. The van der Waals surface area contributed by atoms with Gasteiger partial charge in [0.25, 0.3) is 0 Å². The molecule has 0 atom stereocenters. The fraction of sp³-hybridized carbons (Fsp3) is 0.526. The molecule has 0 radical (unpaired) electrons. The zero-order chi connectivity index (χ0) is 18.7. The Balaban J connectivity index is 1.59. The van der Waals surface area contributed by atoms with Crippen LogP contribution in [0.3, 0.4) is 0 Å². The van der Waals surface area contributed by atoms with Gasteiger partial charge in [-0.05, 0) is 12.8 Å². The maximum atomic E-state index is 5.54. The van der Waals surface area contributed by atoms with E-state index in [0.717, 1.165) is 24.6 Å². The van der Waals surface area contributed by atoms with Crippen LogP contribution in [-0.2, 0) is 9.47 Å². The van der Waals surface area contributed by atoms with E-state index in [1.54, 1.807) is 0 Å². The second-order valence-electron chi connectivity index (χ2n) is 6.28. The molecule has 1 aromatic carbocycles. The van der Waals surface area contributed by atoms with Crippen molar-refractivity contribution in [3.8, 4) is 11.4 Å². The Bertz CT molecular complexity index is 679. The van der Waals surface area contributed by atoms with Crippen LogP contribution in [0.4, 0.5) is 11.9 Å².